The summed E-state index contributed by atoms with van der Waals surface area (Å²) in [5.74, 6) is -0.160. The van der Waals surface area contributed by atoms with Crippen molar-refractivity contribution in [2.75, 3.05) is 70.0 Å². The summed E-state index contributed by atoms with van der Waals surface area (Å²) in [6.07, 6.45) is 2.69. The van der Waals surface area contributed by atoms with Crippen LogP contribution in [0.2, 0.25) is 0 Å². The van der Waals surface area contributed by atoms with Gasteiger partial charge in [-0.25, -0.2) is 9.59 Å². The number of nitrogens with one attached hydrogen (secondary N) is 2. The Morgan fingerprint density at radius 2 is 1.54 bits per heavy atom. The van der Waals surface area contributed by atoms with Gasteiger partial charge in [0, 0.05) is 93.5 Å². The van der Waals surface area contributed by atoms with Crippen LogP contribution in [0.1, 0.15) is 38.2 Å². The molecule has 2 aromatic rings. The Hall–Kier alpha value is -2.87. The molecule has 3 saturated heterocycles. The highest BCUT2D eigenvalue weighted by Crippen LogP contribution is 2.31. The molecule has 0 radical (unpaired) electrons. The molecule has 0 aliphatic carbocycles. The summed E-state index contributed by atoms with van der Waals surface area (Å²) in [6, 6.07) is 12.0. The molecule has 4 amide bonds. The number of para-hydroxylation sites is 1. The standard InChI is InChI=1S/C33H43Br2N7O4.H2/c34-26-19-22(20-27(35)30(26)36)21-29(31(43)40-12-6-24(7-13-40)39-17-10-37-11-18-39)46-33(45)41-14-8-25(9-15-41)42-16-5-23-3-1-2-4-28(23)38-32(42)44;/h1-4,19-20,24-25,29,37H,5-18,21,36H2,(H,38,44);1H/t29-;/m1./s1. The number of hydrogen-bond donors (Lipinski definition) is 3. The predicted molar refractivity (Wildman–Crippen MR) is 187 cm³/mol. The normalized spacial score (nSPS) is 20.9. The molecule has 1 atom stereocenters. The van der Waals surface area contributed by atoms with Crippen molar-refractivity contribution in [2.24, 2.45) is 0 Å². The van der Waals surface area contributed by atoms with Crippen LogP contribution in [0.15, 0.2) is 45.3 Å². The second-order valence-corrected chi connectivity index (χ2v) is 14.3. The lowest BCUT2D eigenvalue weighted by Gasteiger charge is -2.41. The number of nitrogen functional groups attached to an aromatic ring is 1. The number of amides is 4. The molecule has 0 bridgehead atoms. The lowest BCUT2D eigenvalue weighted by molar-refractivity contribution is -0.142. The Labute approximate surface area is 288 Å². The van der Waals surface area contributed by atoms with E-state index in [1.807, 2.05) is 46.2 Å². The summed E-state index contributed by atoms with van der Waals surface area (Å²) in [5, 5.41) is 6.46. The van der Waals surface area contributed by atoms with Crippen LogP contribution in [0.5, 0.6) is 0 Å². The SMILES string of the molecule is Nc1c(Br)cc(C[C@@H](OC(=O)N2CCC(N3CCc4ccccc4NC3=O)CC2)C(=O)N2CCC(N3CCNCC3)CC2)cc1Br.[HH]. The number of piperidine rings is 2. The van der Waals surface area contributed by atoms with Gasteiger partial charge >= 0.3 is 12.1 Å². The van der Waals surface area contributed by atoms with Gasteiger partial charge in [0.25, 0.3) is 5.91 Å². The number of benzene rings is 2. The third kappa shape index (κ3) is 7.64. The van der Waals surface area contributed by atoms with Crippen LogP contribution in [0, 0.1) is 0 Å². The largest absolute Gasteiger partial charge is 0.436 e. The zero-order valence-electron chi connectivity index (χ0n) is 26.1. The monoisotopic (exact) mass is 761 g/mol. The number of piperazine rings is 1. The summed E-state index contributed by atoms with van der Waals surface area (Å²) in [7, 11) is 0. The molecule has 0 spiro atoms. The summed E-state index contributed by atoms with van der Waals surface area (Å²) in [5.41, 5.74) is 9.51. The number of carbonyl (C=O) groups excluding carboxylic acids is 3. The first-order valence-electron chi connectivity index (χ1n) is 16.3. The van der Waals surface area contributed by atoms with E-state index in [9.17, 15) is 14.4 Å². The number of halogens is 2. The molecule has 4 heterocycles. The molecule has 2 aromatic carbocycles. The predicted octanol–water partition coefficient (Wildman–Crippen LogP) is 4.54. The lowest BCUT2D eigenvalue weighted by atomic mass is 10.0. The van der Waals surface area contributed by atoms with Gasteiger partial charge in [0.05, 0.1) is 5.69 Å². The summed E-state index contributed by atoms with van der Waals surface area (Å²) in [4.78, 5) is 48.6. The number of rotatable bonds is 6. The molecule has 46 heavy (non-hydrogen) atoms. The van der Waals surface area contributed by atoms with Gasteiger partial charge < -0.3 is 35.8 Å². The topological polar surface area (TPSA) is 123 Å². The fourth-order valence-electron chi connectivity index (χ4n) is 7.14. The third-order valence-electron chi connectivity index (χ3n) is 9.83. The van der Waals surface area contributed by atoms with Gasteiger partial charge in [-0.3, -0.25) is 9.69 Å². The number of urea groups is 1. The van der Waals surface area contributed by atoms with E-state index in [4.69, 9.17) is 10.5 Å². The molecule has 6 rings (SSSR count). The minimum absolute atomic E-state index is 0. The van der Waals surface area contributed by atoms with Crippen LogP contribution in [-0.4, -0.2) is 115 Å². The average molecular weight is 764 g/mol. The Kier molecular flexibility index (Phi) is 10.7. The van der Waals surface area contributed by atoms with E-state index in [1.54, 1.807) is 4.90 Å². The zero-order chi connectivity index (χ0) is 32.2. The number of anilines is 2. The second-order valence-electron chi connectivity index (χ2n) is 12.6. The van der Waals surface area contributed by atoms with E-state index >= 15 is 0 Å². The maximum absolute atomic E-state index is 14.0. The van der Waals surface area contributed by atoms with Crippen molar-refractivity contribution in [3.05, 3.63) is 56.5 Å². The maximum Gasteiger partial charge on any atom is 0.410 e. The van der Waals surface area contributed by atoms with E-state index in [0.717, 1.165) is 62.3 Å². The Balaban J connectivity index is 0.00000433. The number of nitrogens with zero attached hydrogens (tertiary/aromatic N) is 4. The van der Waals surface area contributed by atoms with Crippen molar-refractivity contribution >= 4 is 61.3 Å². The molecular weight excluding hydrogens is 718 g/mol. The molecule has 4 aliphatic heterocycles. The molecule has 3 fully saturated rings. The van der Waals surface area contributed by atoms with E-state index in [-0.39, 0.29) is 25.8 Å². The molecule has 11 nitrogen and oxygen atoms in total. The Morgan fingerprint density at radius 3 is 2.24 bits per heavy atom. The molecule has 250 valence electrons. The van der Waals surface area contributed by atoms with E-state index in [0.29, 0.717) is 66.2 Å². The number of ether oxygens (including phenoxy) is 1. The van der Waals surface area contributed by atoms with E-state index in [1.165, 1.54) is 0 Å². The van der Waals surface area contributed by atoms with Crippen LogP contribution < -0.4 is 16.4 Å². The van der Waals surface area contributed by atoms with Crippen LogP contribution in [0.3, 0.4) is 0 Å². The fourth-order valence-corrected chi connectivity index (χ4v) is 8.43. The van der Waals surface area contributed by atoms with Gasteiger partial charge in [-0.05, 0) is 93.3 Å². The van der Waals surface area contributed by atoms with Crippen molar-refractivity contribution in [2.45, 2.75) is 56.7 Å². The number of fused-ring (bicyclic) bond motifs is 1. The molecule has 0 aromatic heterocycles. The summed E-state index contributed by atoms with van der Waals surface area (Å²) in [6.45, 7) is 6.90. The molecule has 4 N–H and O–H groups in total. The maximum atomic E-state index is 14.0. The first-order valence-corrected chi connectivity index (χ1v) is 17.9. The van der Waals surface area contributed by atoms with Crippen molar-refractivity contribution in [3.63, 3.8) is 0 Å². The highest BCUT2D eigenvalue weighted by molar-refractivity contribution is 9.11. The van der Waals surface area contributed by atoms with Crippen molar-refractivity contribution in [3.8, 4) is 0 Å². The summed E-state index contributed by atoms with van der Waals surface area (Å²) >= 11 is 7.01. The second kappa shape index (κ2) is 14.9. The van der Waals surface area contributed by atoms with Crippen LogP contribution >= 0.6 is 31.9 Å². The number of hydrogen-bond acceptors (Lipinski definition) is 7. The zero-order valence-corrected chi connectivity index (χ0v) is 29.2. The Morgan fingerprint density at radius 1 is 0.913 bits per heavy atom. The number of likely N-dealkylation sites (tertiary alicyclic amines) is 2. The van der Waals surface area contributed by atoms with Gasteiger partial charge in [-0.2, -0.15) is 0 Å². The van der Waals surface area contributed by atoms with Gasteiger partial charge in [0.2, 0.25) is 0 Å². The molecule has 0 saturated carbocycles. The summed E-state index contributed by atoms with van der Waals surface area (Å²) < 4.78 is 7.48. The minimum atomic E-state index is -0.960. The van der Waals surface area contributed by atoms with Crippen molar-refractivity contribution < 1.29 is 20.5 Å². The average Bonchev–Trinajstić information content (AvgIpc) is 3.25. The Bertz CT molecular complexity index is 1410. The van der Waals surface area contributed by atoms with Gasteiger partial charge in [-0.1, -0.05) is 18.2 Å². The molecule has 13 heteroatoms. The van der Waals surface area contributed by atoms with Crippen molar-refractivity contribution in [1.82, 2.24) is 24.9 Å². The van der Waals surface area contributed by atoms with Crippen LogP contribution in [0.4, 0.5) is 21.0 Å². The van der Waals surface area contributed by atoms with Crippen LogP contribution in [-0.2, 0) is 22.4 Å². The van der Waals surface area contributed by atoms with Gasteiger partial charge in [0.1, 0.15) is 0 Å². The van der Waals surface area contributed by atoms with Crippen LogP contribution in [0.25, 0.3) is 0 Å². The minimum Gasteiger partial charge on any atom is -0.436 e. The first-order chi connectivity index (χ1) is 22.3. The molecule has 4 aliphatic rings. The number of carbonyl (C=O) groups is 3. The highest BCUT2D eigenvalue weighted by atomic mass is 79.9. The van der Waals surface area contributed by atoms with Gasteiger partial charge in [-0.15, -0.1) is 0 Å². The fraction of sp³-hybridized carbons (Fsp3) is 0.545. The first kappa shape index (κ1) is 33.0. The molecule has 0 unspecified atom stereocenters. The van der Waals surface area contributed by atoms with Gasteiger partial charge in [0.15, 0.2) is 6.10 Å². The smallest absolute Gasteiger partial charge is 0.410 e. The van der Waals surface area contributed by atoms with Crippen molar-refractivity contribution in [1.29, 1.82) is 0 Å². The lowest BCUT2D eigenvalue weighted by Crippen LogP contribution is -2.54. The number of nitrogens with two attached hydrogens (primary N) is 1. The third-order valence-corrected chi connectivity index (χ3v) is 11.1. The highest BCUT2D eigenvalue weighted by Gasteiger charge is 2.36. The van der Waals surface area contributed by atoms with E-state index < -0.39 is 12.2 Å². The van der Waals surface area contributed by atoms with E-state index in [2.05, 4.69) is 47.4 Å². The quantitative estimate of drug-likeness (QED) is 0.370. The molecular formula is C33H45Br2N7O4.